The van der Waals surface area contributed by atoms with Crippen molar-refractivity contribution in [2.24, 2.45) is 5.92 Å². The van der Waals surface area contributed by atoms with Crippen LogP contribution in [0.2, 0.25) is 0 Å². The minimum atomic E-state index is 0.486. The van der Waals surface area contributed by atoms with Gasteiger partial charge in [0, 0.05) is 18.2 Å². The fraction of sp³-hybridized carbons (Fsp3) is 0.733. The van der Waals surface area contributed by atoms with Gasteiger partial charge in [0.15, 0.2) is 0 Å². The average molecular weight is 262 g/mol. The van der Waals surface area contributed by atoms with Crippen LogP contribution in [0.25, 0.3) is 0 Å². The summed E-state index contributed by atoms with van der Waals surface area (Å²) in [7, 11) is 0. The van der Waals surface area contributed by atoms with E-state index in [2.05, 4.69) is 41.4 Å². The number of aryl methyl sites for hydroxylation is 1. The number of hydrogen-bond acceptors (Lipinski definition) is 4. The van der Waals surface area contributed by atoms with E-state index in [1.54, 1.807) is 0 Å². The van der Waals surface area contributed by atoms with Gasteiger partial charge in [-0.05, 0) is 39.5 Å². The lowest BCUT2D eigenvalue weighted by Crippen LogP contribution is -2.19. The second-order valence-electron chi connectivity index (χ2n) is 5.74. The quantitative estimate of drug-likeness (QED) is 0.789. The summed E-state index contributed by atoms with van der Waals surface area (Å²) in [5, 5.41) is 6.93. The van der Waals surface area contributed by atoms with Gasteiger partial charge in [-0.1, -0.05) is 19.8 Å². The number of anilines is 2. The molecule has 2 rings (SSSR count). The van der Waals surface area contributed by atoms with Crippen LogP contribution in [0, 0.1) is 19.8 Å². The Morgan fingerprint density at radius 2 is 1.89 bits per heavy atom. The Hall–Kier alpha value is -1.32. The highest BCUT2D eigenvalue weighted by Gasteiger charge is 2.24. The van der Waals surface area contributed by atoms with Crippen LogP contribution in [0.15, 0.2) is 0 Å². The molecular weight excluding hydrogens is 236 g/mol. The molecule has 0 radical (unpaired) electrons. The van der Waals surface area contributed by atoms with Gasteiger partial charge in [0.05, 0.1) is 0 Å². The van der Waals surface area contributed by atoms with E-state index in [4.69, 9.17) is 0 Å². The Morgan fingerprint density at radius 3 is 2.53 bits per heavy atom. The van der Waals surface area contributed by atoms with Crippen molar-refractivity contribution < 1.29 is 0 Å². The van der Waals surface area contributed by atoms with E-state index in [0.717, 1.165) is 41.9 Å². The SMILES string of the molecule is CCCNc1nc(C)nc(NC(C)CC2CC2)c1C. The maximum atomic E-state index is 4.55. The first-order valence-corrected chi connectivity index (χ1v) is 7.45. The number of aromatic nitrogens is 2. The maximum Gasteiger partial charge on any atom is 0.134 e. The van der Waals surface area contributed by atoms with E-state index in [0.29, 0.717) is 6.04 Å². The lowest BCUT2D eigenvalue weighted by atomic mass is 10.1. The Kier molecular flexibility index (Phi) is 4.61. The molecule has 1 aromatic rings. The molecule has 4 nitrogen and oxygen atoms in total. The van der Waals surface area contributed by atoms with Gasteiger partial charge in [-0.15, -0.1) is 0 Å². The highest BCUT2D eigenvalue weighted by atomic mass is 15.1. The molecule has 0 bridgehead atoms. The second-order valence-corrected chi connectivity index (χ2v) is 5.74. The molecule has 1 heterocycles. The molecule has 2 N–H and O–H groups in total. The van der Waals surface area contributed by atoms with Gasteiger partial charge in [-0.2, -0.15) is 0 Å². The minimum Gasteiger partial charge on any atom is -0.370 e. The topological polar surface area (TPSA) is 49.8 Å². The van der Waals surface area contributed by atoms with Crippen LogP contribution in [-0.2, 0) is 0 Å². The summed E-state index contributed by atoms with van der Waals surface area (Å²) < 4.78 is 0. The van der Waals surface area contributed by atoms with Gasteiger partial charge in [0.1, 0.15) is 17.5 Å². The van der Waals surface area contributed by atoms with Gasteiger partial charge in [0.25, 0.3) is 0 Å². The predicted molar refractivity (Wildman–Crippen MR) is 80.7 cm³/mol. The number of nitrogens with one attached hydrogen (secondary N) is 2. The highest BCUT2D eigenvalue weighted by molar-refractivity contribution is 5.57. The summed E-state index contributed by atoms with van der Waals surface area (Å²) in [5.74, 6) is 3.71. The van der Waals surface area contributed by atoms with Crippen molar-refractivity contribution in [3.8, 4) is 0 Å². The molecular formula is C15H26N4. The molecule has 0 amide bonds. The van der Waals surface area contributed by atoms with Gasteiger partial charge < -0.3 is 10.6 Å². The molecule has 1 fully saturated rings. The van der Waals surface area contributed by atoms with Crippen molar-refractivity contribution in [2.45, 2.75) is 59.4 Å². The summed E-state index contributed by atoms with van der Waals surface area (Å²) in [6.45, 7) is 9.40. The molecule has 19 heavy (non-hydrogen) atoms. The van der Waals surface area contributed by atoms with Gasteiger partial charge in [-0.25, -0.2) is 9.97 Å². The third-order valence-corrected chi connectivity index (χ3v) is 3.57. The van der Waals surface area contributed by atoms with E-state index < -0.39 is 0 Å². The Bertz CT molecular complexity index is 426. The summed E-state index contributed by atoms with van der Waals surface area (Å²) in [6.07, 6.45) is 5.15. The highest BCUT2D eigenvalue weighted by Crippen LogP contribution is 2.34. The van der Waals surface area contributed by atoms with Crippen LogP contribution in [0.1, 0.15) is 50.9 Å². The molecule has 0 spiro atoms. The Labute approximate surface area is 116 Å². The zero-order valence-corrected chi connectivity index (χ0v) is 12.6. The molecule has 1 aliphatic rings. The molecule has 0 aliphatic heterocycles. The summed E-state index contributed by atoms with van der Waals surface area (Å²) in [4.78, 5) is 9.04. The van der Waals surface area contributed by atoms with Crippen LogP contribution >= 0.6 is 0 Å². The monoisotopic (exact) mass is 262 g/mol. The first kappa shape index (κ1) is 14.1. The van der Waals surface area contributed by atoms with Crippen molar-refractivity contribution in [1.29, 1.82) is 0 Å². The Balaban J connectivity index is 2.06. The second kappa shape index (κ2) is 6.22. The van der Waals surface area contributed by atoms with Crippen LogP contribution < -0.4 is 10.6 Å². The zero-order chi connectivity index (χ0) is 13.8. The van der Waals surface area contributed by atoms with Crippen LogP contribution in [-0.4, -0.2) is 22.6 Å². The van der Waals surface area contributed by atoms with Gasteiger partial charge >= 0.3 is 0 Å². The van der Waals surface area contributed by atoms with Crippen LogP contribution in [0.4, 0.5) is 11.6 Å². The van der Waals surface area contributed by atoms with Crippen molar-refractivity contribution in [1.82, 2.24) is 9.97 Å². The molecule has 4 heteroatoms. The minimum absolute atomic E-state index is 0.486. The molecule has 0 saturated heterocycles. The predicted octanol–water partition coefficient (Wildman–Crippen LogP) is 3.52. The third kappa shape index (κ3) is 4.08. The molecule has 106 valence electrons. The van der Waals surface area contributed by atoms with E-state index in [-0.39, 0.29) is 0 Å². The van der Waals surface area contributed by atoms with Crippen LogP contribution in [0.3, 0.4) is 0 Å². The summed E-state index contributed by atoms with van der Waals surface area (Å²) in [5.41, 5.74) is 1.13. The van der Waals surface area contributed by atoms with E-state index in [1.807, 2.05) is 6.92 Å². The maximum absolute atomic E-state index is 4.55. The number of nitrogens with zero attached hydrogens (tertiary/aromatic N) is 2. The van der Waals surface area contributed by atoms with Crippen molar-refractivity contribution in [3.63, 3.8) is 0 Å². The molecule has 1 aromatic heterocycles. The van der Waals surface area contributed by atoms with Gasteiger partial charge in [-0.3, -0.25) is 0 Å². The van der Waals surface area contributed by atoms with Crippen LogP contribution in [0.5, 0.6) is 0 Å². The molecule has 1 atom stereocenters. The standard InChI is InChI=1S/C15H26N4/c1-5-8-16-14-11(3)15(19-12(4)18-14)17-10(2)9-13-6-7-13/h10,13H,5-9H2,1-4H3,(H2,16,17,18,19). The largest absolute Gasteiger partial charge is 0.370 e. The smallest absolute Gasteiger partial charge is 0.134 e. The summed E-state index contributed by atoms with van der Waals surface area (Å²) >= 11 is 0. The fourth-order valence-corrected chi connectivity index (χ4v) is 2.33. The average Bonchev–Trinajstić information content (AvgIpc) is 3.15. The number of rotatable bonds is 7. The molecule has 1 saturated carbocycles. The summed E-state index contributed by atoms with van der Waals surface area (Å²) in [6, 6.07) is 0.486. The fourth-order valence-electron chi connectivity index (χ4n) is 2.33. The van der Waals surface area contributed by atoms with Crippen molar-refractivity contribution in [3.05, 3.63) is 11.4 Å². The van der Waals surface area contributed by atoms with E-state index in [1.165, 1.54) is 19.3 Å². The lowest BCUT2D eigenvalue weighted by molar-refractivity contribution is 0.639. The van der Waals surface area contributed by atoms with Crippen molar-refractivity contribution >= 4 is 11.6 Å². The van der Waals surface area contributed by atoms with Gasteiger partial charge in [0.2, 0.25) is 0 Å². The third-order valence-electron chi connectivity index (χ3n) is 3.57. The number of hydrogen-bond donors (Lipinski definition) is 2. The first-order chi connectivity index (χ1) is 9.10. The molecule has 1 aliphatic carbocycles. The molecule has 0 aromatic carbocycles. The van der Waals surface area contributed by atoms with E-state index >= 15 is 0 Å². The van der Waals surface area contributed by atoms with Crippen molar-refractivity contribution in [2.75, 3.05) is 17.2 Å². The van der Waals surface area contributed by atoms with E-state index in [9.17, 15) is 0 Å². The molecule has 1 unspecified atom stereocenters. The lowest BCUT2D eigenvalue weighted by Gasteiger charge is -2.18. The first-order valence-electron chi connectivity index (χ1n) is 7.45. The Morgan fingerprint density at radius 1 is 1.21 bits per heavy atom. The normalized spacial score (nSPS) is 16.2. The zero-order valence-electron chi connectivity index (χ0n) is 12.6.